The van der Waals surface area contributed by atoms with Gasteiger partial charge >= 0.3 is 0 Å². The molecule has 4 heteroatoms. The van der Waals surface area contributed by atoms with Crippen molar-refractivity contribution < 1.29 is 4.79 Å². The molecule has 1 aliphatic heterocycles. The highest BCUT2D eigenvalue weighted by Crippen LogP contribution is 2.25. The molecule has 0 spiro atoms. The number of carbonyl (C=O) groups excluding carboxylic acids is 1. The van der Waals surface area contributed by atoms with E-state index in [1.807, 2.05) is 0 Å². The lowest BCUT2D eigenvalue weighted by atomic mass is 9.85. The van der Waals surface area contributed by atoms with Crippen LogP contribution in [0.3, 0.4) is 0 Å². The number of nitrogens with one attached hydrogen (secondary N) is 1. The average Bonchev–Trinajstić information content (AvgIpc) is 3.04. The number of likely N-dealkylation sites (tertiary alicyclic amines) is 1. The molecule has 1 saturated carbocycles. The molecule has 4 unspecified atom stereocenters. The maximum absolute atomic E-state index is 12.5. The smallest absolute Gasteiger partial charge is 0.223 e. The summed E-state index contributed by atoms with van der Waals surface area (Å²) < 4.78 is 0. The van der Waals surface area contributed by atoms with Crippen molar-refractivity contribution >= 4 is 5.91 Å². The summed E-state index contributed by atoms with van der Waals surface area (Å²) >= 11 is 0. The average molecular weight is 329 g/mol. The Hall–Kier alpha value is -1.39. The maximum atomic E-state index is 12.5. The molecule has 3 N–H and O–H groups in total. The fraction of sp³-hybridized carbons (Fsp3) is 0.650. The van der Waals surface area contributed by atoms with Gasteiger partial charge in [0.1, 0.15) is 0 Å². The van der Waals surface area contributed by atoms with Crippen molar-refractivity contribution in [2.45, 2.75) is 57.7 Å². The number of carbonyl (C=O) groups is 1. The maximum Gasteiger partial charge on any atom is 0.223 e. The highest BCUT2D eigenvalue weighted by molar-refractivity contribution is 5.79. The molecular formula is C20H31N3O. The Kier molecular flexibility index (Phi) is 5.90. The second kappa shape index (κ2) is 8.13. The molecule has 4 nitrogen and oxygen atoms in total. The molecule has 24 heavy (non-hydrogen) atoms. The molecule has 2 aliphatic rings. The van der Waals surface area contributed by atoms with E-state index in [4.69, 9.17) is 5.73 Å². The second-order valence-corrected chi connectivity index (χ2v) is 7.69. The summed E-state index contributed by atoms with van der Waals surface area (Å²) in [6.45, 7) is 5.36. The number of nitrogens with two attached hydrogens (primary N) is 1. The van der Waals surface area contributed by atoms with Gasteiger partial charge < -0.3 is 11.1 Å². The summed E-state index contributed by atoms with van der Waals surface area (Å²) in [5.41, 5.74) is 7.39. The molecule has 1 aromatic rings. The zero-order valence-corrected chi connectivity index (χ0v) is 14.8. The van der Waals surface area contributed by atoms with Gasteiger partial charge in [-0.3, -0.25) is 9.69 Å². The number of benzene rings is 1. The summed E-state index contributed by atoms with van der Waals surface area (Å²) in [5, 5.41) is 3.28. The lowest BCUT2D eigenvalue weighted by molar-refractivity contribution is -0.127. The second-order valence-electron chi connectivity index (χ2n) is 7.69. The van der Waals surface area contributed by atoms with E-state index >= 15 is 0 Å². The van der Waals surface area contributed by atoms with Crippen molar-refractivity contribution in [2.24, 2.45) is 17.6 Å². The topological polar surface area (TPSA) is 58.4 Å². The highest BCUT2D eigenvalue weighted by atomic mass is 16.1. The van der Waals surface area contributed by atoms with Crippen molar-refractivity contribution in [3.05, 3.63) is 35.9 Å². The first-order chi connectivity index (χ1) is 11.6. The van der Waals surface area contributed by atoms with Crippen molar-refractivity contribution in [1.29, 1.82) is 0 Å². The van der Waals surface area contributed by atoms with Gasteiger partial charge in [0, 0.05) is 31.1 Å². The molecule has 1 aromatic carbocycles. The van der Waals surface area contributed by atoms with E-state index in [1.165, 1.54) is 12.0 Å². The van der Waals surface area contributed by atoms with Crippen molar-refractivity contribution in [1.82, 2.24) is 10.2 Å². The molecule has 132 valence electrons. The van der Waals surface area contributed by atoms with Crippen LogP contribution in [0.25, 0.3) is 0 Å². The molecular weight excluding hydrogens is 298 g/mol. The van der Waals surface area contributed by atoms with Crippen molar-refractivity contribution in [3.8, 4) is 0 Å². The van der Waals surface area contributed by atoms with E-state index < -0.39 is 0 Å². The standard InChI is InChI=1S/C20H31N3O/c1-15(22-20(24)17-8-5-9-19(21)12-17)18-10-11-23(14-18)13-16-6-3-2-4-7-16/h2-4,6-7,15,17-19H,5,8-14,21H2,1H3,(H,22,24). The Balaban J connectivity index is 1.46. The van der Waals surface area contributed by atoms with Crippen LogP contribution in [0.1, 0.15) is 44.6 Å². The van der Waals surface area contributed by atoms with Crippen molar-refractivity contribution in [3.63, 3.8) is 0 Å². The molecule has 1 heterocycles. The van der Waals surface area contributed by atoms with Gasteiger partial charge in [0.05, 0.1) is 0 Å². The lowest BCUT2D eigenvalue weighted by Gasteiger charge is -2.28. The van der Waals surface area contributed by atoms with Gasteiger partial charge in [-0.25, -0.2) is 0 Å². The normalized spacial score (nSPS) is 29.3. The van der Waals surface area contributed by atoms with Gasteiger partial charge in [-0.1, -0.05) is 36.8 Å². The Morgan fingerprint density at radius 2 is 2.08 bits per heavy atom. The minimum absolute atomic E-state index is 0.123. The predicted molar refractivity (Wildman–Crippen MR) is 97.4 cm³/mol. The molecule has 3 rings (SSSR count). The predicted octanol–water partition coefficient (Wildman–Crippen LogP) is 2.53. The zero-order valence-electron chi connectivity index (χ0n) is 14.8. The van der Waals surface area contributed by atoms with Crippen LogP contribution in [-0.4, -0.2) is 36.0 Å². The quantitative estimate of drug-likeness (QED) is 0.873. The molecule has 0 bridgehead atoms. The Labute approximate surface area is 145 Å². The Morgan fingerprint density at radius 1 is 1.29 bits per heavy atom. The van der Waals surface area contributed by atoms with E-state index in [1.54, 1.807) is 0 Å². The van der Waals surface area contributed by atoms with Crippen LogP contribution in [0.15, 0.2) is 30.3 Å². The van der Waals surface area contributed by atoms with Crippen LogP contribution in [0, 0.1) is 11.8 Å². The summed E-state index contributed by atoms with van der Waals surface area (Å²) in [4.78, 5) is 15.0. The van der Waals surface area contributed by atoms with Crippen LogP contribution in [0.4, 0.5) is 0 Å². The van der Waals surface area contributed by atoms with E-state index in [2.05, 4.69) is 47.5 Å². The molecule has 2 fully saturated rings. The summed E-state index contributed by atoms with van der Waals surface area (Å²) in [6, 6.07) is 11.1. The molecule has 1 aliphatic carbocycles. The van der Waals surface area contributed by atoms with E-state index in [-0.39, 0.29) is 23.9 Å². The fourth-order valence-corrected chi connectivity index (χ4v) is 4.18. The Bertz CT molecular complexity index is 533. The zero-order chi connectivity index (χ0) is 16.9. The molecule has 0 radical (unpaired) electrons. The largest absolute Gasteiger partial charge is 0.353 e. The van der Waals surface area contributed by atoms with Crippen LogP contribution in [0.5, 0.6) is 0 Å². The van der Waals surface area contributed by atoms with E-state index in [9.17, 15) is 4.79 Å². The monoisotopic (exact) mass is 329 g/mol. The Morgan fingerprint density at radius 3 is 2.83 bits per heavy atom. The highest BCUT2D eigenvalue weighted by Gasteiger charge is 2.31. The van der Waals surface area contributed by atoms with Gasteiger partial charge in [0.15, 0.2) is 0 Å². The third-order valence-corrected chi connectivity index (χ3v) is 5.72. The van der Waals surface area contributed by atoms with Crippen LogP contribution < -0.4 is 11.1 Å². The number of amides is 1. The molecule has 4 atom stereocenters. The minimum Gasteiger partial charge on any atom is -0.353 e. The lowest BCUT2D eigenvalue weighted by Crippen LogP contribution is -2.44. The van der Waals surface area contributed by atoms with Crippen LogP contribution in [0.2, 0.25) is 0 Å². The van der Waals surface area contributed by atoms with Crippen LogP contribution >= 0.6 is 0 Å². The minimum atomic E-state index is 0.123. The first kappa shape index (κ1) is 17.4. The summed E-state index contributed by atoms with van der Waals surface area (Å²) in [7, 11) is 0. The summed E-state index contributed by atoms with van der Waals surface area (Å²) in [5.74, 6) is 0.895. The van der Waals surface area contributed by atoms with E-state index in [0.717, 1.165) is 45.3 Å². The van der Waals surface area contributed by atoms with Gasteiger partial charge in [-0.15, -0.1) is 0 Å². The number of hydrogen-bond acceptors (Lipinski definition) is 3. The fourth-order valence-electron chi connectivity index (χ4n) is 4.18. The number of rotatable bonds is 5. The summed E-state index contributed by atoms with van der Waals surface area (Å²) in [6.07, 6.45) is 5.16. The number of hydrogen-bond donors (Lipinski definition) is 2. The van der Waals surface area contributed by atoms with Gasteiger partial charge in [-0.05, 0) is 50.6 Å². The SMILES string of the molecule is CC(NC(=O)C1CCCC(N)C1)C1CCN(Cc2ccccc2)C1. The first-order valence-corrected chi connectivity index (χ1v) is 9.44. The van der Waals surface area contributed by atoms with Crippen LogP contribution in [-0.2, 0) is 11.3 Å². The van der Waals surface area contributed by atoms with E-state index in [0.29, 0.717) is 5.92 Å². The van der Waals surface area contributed by atoms with Gasteiger partial charge in [-0.2, -0.15) is 0 Å². The molecule has 1 saturated heterocycles. The molecule has 0 aromatic heterocycles. The van der Waals surface area contributed by atoms with Crippen molar-refractivity contribution in [2.75, 3.05) is 13.1 Å². The van der Waals surface area contributed by atoms with Gasteiger partial charge in [0.2, 0.25) is 5.91 Å². The van der Waals surface area contributed by atoms with Gasteiger partial charge in [0.25, 0.3) is 0 Å². The first-order valence-electron chi connectivity index (χ1n) is 9.44. The third kappa shape index (κ3) is 4.58. The number of nitrogens with zero attached hydrogens (tertiary/aromatic N) is 1. The molecule has 1 amide bonds. The third-order valence-electron chi connectivity index (χ3n) is 5.72.